The van der Waals surface area contributed by atoms with Gasteiger partial charge in [0.05, 0.1) is 8.07 Å². The summed E-state index contributed by atoms with van der Waals surface area (Å²) in [6, 6.07) is 5.21. The molecule has 1 aliphatic heterocycles. The van der Waals surface area contributed by atoms with Crippen molar-refractivity contribution in [2.24, 2.45) is 0 Å². The van der Waals surface area contributed by atoms with Crippen molar-refractivity contribution in [1.29, 1.82) is 0 Å². The summed E-state index contributed by atoms with van der Waals surface area (Å²) in [7, 11) is -1.67. The van der Waals surface area contributed by atoms with Crippen LogP contribution >= 0.6 is 15.9 Å². The predicted molar refractivity (Wildman–Crippen MR) is 81.4 cm³/mol. The third-order valence-electron chi connectivity index (χ3n) is 3.24. The van der Waals surface area contributed by atoms with Gasteiger partial charge in [-0.1, -0.05) is 19.2 Å². The van der Waals surface area contributed by atoms with Crippen LogP contribution in [0.2, 0.25) is 19.1 Å². The number of hydrogen-bond donors (Lipinski definition) is 2. The second-order valence-electron chi connectivity index (χ2n) is 5.63. The molecule has 0 aliphatic carbocycles. The van der Waals surface area contributed by atoms with Crippen molar-refractivity contribution in [1.82, 2.24) is 9.88 Å². The fourth-order valence-electron chi connectivity index (χ4n) is 2.39. The lowest BCUT2D eigenvalue weighted by Gasteiger charge is -2.20. The van der Waals surface area contributed by atoms with Gasteiger partial charge in [0, 0.05) is 6.17 Å². The summed E-state index contributed by atoms with van der Waals surface area (Å²) in [6.45, 7) is 4.18. The van der Waals surface area contributed by atoms with Crippen LogP contribution in [0, 0.1) is 0 Å². The molecule has 20 heavy (non-hydrogen) atoms. The first-order chi connectivity index (χ1) is 9.28. The Morgan fingerprint density at radius 1 is 1.50 bits per heavy atom. The van der Waals surface area contributed by atoms with E-state index in [1.54, 1.807) is 18.2 Å². The zero-order valence-corrected chi connectivity index (χ0v) is 13.8. The normalized spacial score (nSPS) is 20.8. The van der Waals surface area contributed by atoms with Crippen LogP contribution in [0.4, 0.5) is 10.6 Å². The summed E-state index contributed by atoms with van der Waals surface area (Å²) in [4.78, 5) is 28.9. The highest BCUT2D eigenvalue weighted by molar-refractivity contribution is 9.10. The second kappa shape index (κ2) is 5.53. The van der Waals surface area contributed by atoms with Crippen molar-refractivity contribution in [2.45, 2.75) is 25.2 Å². The number of pyridine rings is 1. The second-order valence-corrected chi connectivity index (χ2v) is 11.5. The molecule has 6 nitrogen and oxygen atoms in total. The maximum absolute atomic E-state index is 12.3. The van der Waals surface area contributed by atoms with E-state index in [0.717, 1.165) is 0 Å². The third kappa shape index (κ3) is 3.37. The molecule has 1 atom stereocenters. The molecule has 1 fully saturated rings. The first kappa shape index (κ1) is 15.0. The molecule has 1 saturated heterocycles. The van der Waals surface area contributed by atoms with Crippen LogP contribution < -0.4 is 5.32 Å². The van der Waals surface area contributed by atoms with Crippen LogP contribution in [-0.4, -0.2) is 47.3 Å². The number of amides is 2. The molecule has 1 aromatic rings. The van der Waals surface area contributed by atoms with E-state index >= 15 is 0 Å². The molecule has 8 heteroatoms. The van der Waals surface area contributed by atoms with Crippen molar-refractivity contribution in [3.63, 3.8) is 0 Å². The van der Waals surface area contributed by atoms with Crippen LogP contribution in [-0.2, 0) is 4.79 Å². The highest BCUT2D eigenvalue weighted by Crippen LogP contribution is 2.27. The van der Waals surface area contributed by atoms with Gasteiger partial charge in [-0.3, -0.25) is 9.69 Å². The number of hydrogen-bond acceptors (Lipinski definition) is 3. The molecular formula is C12H16BrN3O3Si. The highest BCUT2D eigenvalue weighted by Gasteiger charge is 2.45. The minimum Gasteiger partial charge on any atom is -0.465 e. The average molecular weight is 358 g/mol. The number of rotatable bonds is 2. The lowest BCUT2D eigenvalue weighted by atomic mass is 10.3. The van der Waals surface area contributed by atoms with Gasteiger partial charge in [-0.2, -0.15) is 0 Å². The summed E-state index contributed by atoms with van der Waals surface area (Å²) < 4.78 is 0.617. The maximum Gasteiger partial charge on any atom is 0.407 e. The smallest absolute Gasteiger partial charge is 0.407 e. The van der Waals surface area contributed by atoms with Crippen molar-refractivity contribution in [3.8, 4) is 0 Å². The Bertz CT molecular complexity index is 553. The molecule has 108 valence electrons. The molecule has 2 N–H and O–H groups in total. The number of carboxylic acid groups (broad SMARTS) is 1. The first-order valence-electron chi connectivity index (χ1n) is 6.21. The molecule has 0 spiro atoms. The van der Waals surface area contributed by atoms with E-state index < -0.39 is 20.2 Å². The van der Waals surface area contributed by atoms with E-state index in [1.165, 1.54) is 4.90 Å². The van der Waals surface area contributed by atoms with Crippen LogP contribution in [0.3, 0.4) is 0 Å². The average Bonchev–Trinajstić information content (AvgIpc) is 2.66. The number of anilines is 1. The Kier molecular flexibility index (Phi) is 4.14. The molecule has 0 bridgehead atoms. The Labute approximate surface area is 126 Å². The Balaban J connectivity index is 2.13. The van der Waals surface area contributed by atoms with E-state index in [4.69, 9.17) is 0 Å². The summed E-state index contributed by atoms with van der Waals surface area (Å²) >= 11 is 3.23. The van der Waals surface area contributed by atoms with Crippen molar-refractivity contribution < 1.29 is 14.7 Å². The van der Waals surface area contributed by atoms with E-state index in [2.05, 4.69) is 39.3 Å². The molecule has 1 unspecified atom stereocenters. The number of carbonyl (C=O) groups excluding carboxylic acids is 1. The molecule has 1 aliphatic rings. The van der Waals surface area contributed by atoms with Gasteiger partial charge in [0.2, 0.25) is 5.91 Å². The molecule has 2 heterocycles. The van der Waals surface area contributed by atoms with Gasteiger partial charge in [0.25, 0.3) is 0 Å². The summed E-state index contributed by atoms with van der Waals surface area (Å²) in [5, 5.41) is 11.9. The summed E-state index contributed by atoms with van der Waals surface area (Å²) in [5.41, 5.74) is 0. The summed E-state index contributed by atoms with van der Waals surface area (Å²) in [6.07, 6.45) is -0.544. The standard InChI is InChI=1S/C12H16BrN3O3Si/c1-20(2)6-8(16(7-20)12(18)19)11(17)15-10-5-3-4-9(13)14-10/h3-5,8H,6-7H2,1-2H3,(H,18,19)(H,14,15,17). The molecule has 2 amide bonds. The van der Waals surface area contributed by atoms with Crippen LogP contribution in [0.1, 0.15) is 0 Å². The molecule has 1 aromatic heterocycles. The van der Waals surface area contributed by atoms with Crippen LogP contribution in [0.25, 0.3) is 0 Å². The Hall–Kier alpha value is -1.41. The molecular weight excluding hydrogens is 342 g/mol. The minimum atomic E-state index is -1.67. The van der Waals surface area contributed by atoms with Gasteiger partial charge in [0.1, 0.15) is 16.5 Å². The van der Waals surface area contributed by atoms with Crippen molar-refractivity contribution in [3.05, 3.63) is 22.8 Å². The molecule has 0 radical (unpaired) electrons. The fourth-order valence-corrected chi connectivity index (χ4v) is 5.60. The van der Waals surface area contributed by atoms with Crippen LogP contribution in [0.5, 0.6) is 0 Å². The maximum atomic E-state index is 12.3. The number of aromatic nitrogens is 1. The van der Waals surface area contributed by atoms with Crippen molar-refractivity contribution >= 4 is 41.8 Å². The van der Waals surface area contributed by atoms with Gasteiger partial charge < -0.3 is 10.4 Å². The largest absolute Gasteiger partial charge is 0.465 e. The monoisotopic (exact) mass is 357 g/mol. The molecule has 0 saturated carbocycles. The predicted octanol–water partition coefficient (Wildman–Crippen LogP) is 2.39. The third-order valence-corrected chi connectivity index (χ3v) is 6.37. The van der Waals surface area contributed by atoms with E-state index in [-0.39, 0.29) is 5.91 Å². The molecule has 2 rings (SSSR count). The fraction of sp³-hybridized carbons (Fsp3) is 0.417. The van der Waals surface area contributed by atoms with E-state index in [9.17, 15) is 14.7 Å². The Morgan fingerprint density at radius 3 is 2.80 bits per heavy atom. The topological polar surface area (TPSA) is 82.5 Å². The zero-order chi connectivity index (χ0) is 14.9. The van der Waals surface area contributed by atoms with Crippen LogP contribution in [0.15, 0.2) is 22.8 Å². The van der Waals surface area contributed by atoms with Gasteiger partial charge in [-0.25, -0.2) is 9.78 Å². The molecule has 0 aromatic carbocycles. The number of halogens is 1. The lowest BCUT2D eigenvalue weighted by molar-refractivity contribution is -0.119. The number of nitrogens with one attached hydrogen (secondary N) is 1. The lowest BCUT2D eigenvalue weighted by Crippen LogP contribution is -2.42. The number of carbonyl (C=O) groups is 2. The minimum absolute atomic E-state index is 0.309. The quantitative estimate of drug-likeness (QED) is 0.628. The van der Waals surface area contributed by atoms with Gasteiger partial charge in [-0.05, 0) is 34.1 Å². The van der Waals surface area contributed by atoms with E-state index in [0.29, 0.717) is 22.6 Å². The van der Waals surface area contributed by atoms with Crippen molar-refractivity contribution in [2.75, 3.05) is 11.5 Å². The van der Waals surface area contributed by atoms with Gasteiger partial charge >= 0.3 is 6.09 Å². The van der Waals surface area contributed by atoms with E-state index in [1.807, 2.05) is 0 Å². The van der Waals surface area contributed by atoms with Gasteiger partial charge in [0.15, 0.2) is 0 Å². The Morgan fingerprint density at radius 2 is 2.20 bits per heavy atom. The first-order valence-corrected chi connectivity index (χ1v) is 10.4. The zero-order valence-electron chi connectivity index (χ0n) is 11.3. The SMILES string of the molecule is C[Si]1(C)CC(C(=O)Nc2cccc(Br)n2)N(C(=O)O)C1. The van der Waals surface area contributed by atoms with Gasteiger partial charge in [-0.15, -0.1) is 0 Å². The number of nitrogens with zero attached hydrogens (tertiary/aromatic N) is 2. The highest BCUT2D eigenvalue weighted by atomic mass is 79.9. The summed E-state index contributed by atoms with van der Waals surface area (Å²) in [5.74, 6) is 0.108.